The fraction of sp³-hybridized carbons (Fsp3) is 0.923. The van der Waals surface area contributed by atoms with Gasteiger partial charge >= 0.3 is 11.9 Å². The van der Waals surface area contributed by atoms with Crippen LogP contribution in [0.15, 0.2) is 0 Å². The van der Waals surface area contributed by atoms with Gasteiger partial charge in [0, 0.05) is 26.3 Å². The molecule has 0 heterocycles. The number of hydrogen-bond donors (Lipinski definition) is 3. The van der Waals surface area contributed by atoms with E-state index in [9.17, 15) is 24.3 Å². The molecule has 366 valence electrons. The van der Waals surface area contributed by atoms with Crippen molar-refractivity contribution in [2.45, 2.75) is 265 Å². The third-order valence-electron chi connectivity index (χ3n) is 12.3. The summed E-state index contributed by atoms with van der Waals surface area (Å²) >= 11 is 0. The van der Waals surface area contributed by atoms with E-state index in [1.165, 1.54) is 110 Å². The molecule has 0 spiro atoms. The summed E-state index contributed by atoms with van der Waals surface area (Å²) in [7, 11) is 0. The third-order valence-corrected chi connectivity index (χ3v) is 12.3. The van der Waals surface area contributed by atoms with Gasteiger partial charge in [-0.2, -0.15) is 0 Å². The number of nitrogens with one attached hydrogen (secondary N) is 2. The van der Waals surface area contributed by atoms with E-state index in [0.717, 1.165) is 122 Å². The maximum Gasteiger partial charge on any atom is 0.306 e. The van der Waals surface area contributed by atoms with Gasteiger partial charge in [0.25, 0.3) is 0 Å². The third kappa shape index (κ3) is 39.4. The van der Waals surface area contributed by atoms with E-state index in [-0.39, 0.29) is 29.9 Å². The van der Waals surface area contributed by atoms with Crippen molar-refractivity contribution in [3.8, 4) is 0 Å². The van der Waals surface area contributed by atoms with Crippen LogP contribution < -0.4 is 10.6 Å². The van der Waals surface area contributed by atoms with Crippen molar-refractivity contribution in [1.29, 1.82) is 0 Å². The smallest absolute Gasteiger partial charge is 0.306 e. The molecule has 3 N–H and O–H groups in total. The highest BCUT2D eigenvalue weighted by Crippen LogP contribution is 2.21. The lowest BCUT2D eigenvalue weighted by Crippen LogP contribution is -2.48. The summed E-state index contributed by atoms with van der Waals surface area (Å²) in [5.74, 6) is -0.107. The highest BCUT2D eigenvalue weighted by Gasteiger charge is 2.18. The van der Waals surface area contributed by atoms with Gasteiger partial charge in [0.05, 0.1) is 13.2 Å². The lowest BCUT2D eigenvalue weighted by Gasteiger charge is -2.23. The molecule has 62 heavy (non-hydrogen) atoms. The van der Waals surface area contributed by atoms with Gasteiger partial charge in [-0.15, -0.1) is 0 Å². The van der Waals surface area contributed by atoms with Gasteiger partial charge < -0.3 is 30.1 Å². The van der Waals surface area contributed by atoms with Gasteiger partial charge in [-0.05, 0) is 89.8 Å². The summed E-state index contributed by atoms with van der Waals surface area (Å²) in [6.45, 7) is 13.8. The molecule has 0 radical (unpaired) electrons. The second-order valence-electron chi connectivity index (χ2n) is 18.3. The Labute approximate surface area is 382 Å². The zero-order valence-corrected chi connectivity index (χ0v) is 41.4. The van der Waals surface area contributed by atoms with Gasteiger partial charge in [-0.3, -0.25) is 19.2 Å². The molecule has 1 unspecified atom stereocenters. The number of rotatable bonds is 47. The minimum absolute atomic E-state index is 0.0171. The molecular formula is C52H101N3O7. The van der Waals surface area contributed by atoms with Crippen LogP contribution in [0.4, 0.5) is 0 Å². The number of carbonyl (C=O) groups is 4. The second-order valence-corrected chi connectivity index (χ2v) is 18.3. The number of ether oxygens (including phenoxy) is 2. The van der Waals surface area contributed by atoms with Crippen LogP contribution in [-0.2, 0) is 28.7 Å². The second kappa shape index (κ2) is 45.4. The van der Waals surface area contributed by atoms with Crippen molar-refractivity contribution < 1.29 is 33.8 Å². The Morgan fingerprint density at radius 2 is 0.968 bits per heavy atom. The molecule has 2 amide bonds. The first-order valence-electron chi connectivity index (χ1n) is 26.4. The number of aliphatic hydroxyl groups is 1. The van der Waals surface area contributed by atoms with Crippen LogP contribution in [-0.4, -0.2) is 85.3 Å². The fourth-order valence-corrected chi connectivity index (χ4v) is 8.32. The summed E-state index contributed by atoms with van der Waals surface area (Å²) in [6.07, 6.45) is 37.9. The lowest BCUT2D eigenvalue weighted by atomic mass is 9.93. The van der Waals surface area contributed by atoms with Crippen molar-refractivity contribution >= 4 is 23.8 Å². The summed E-state index contributed by atoms with van der Waals surface area (Å²) < 4.78 is 11.7. The van der Waals surface area contributed by atoms with E-state index in [1.807, 2.05) is 0 Å². The van der Waals surface area contributed by atoms with Crippen molar-refractivity contribution in [3.05, 3.63) is 0 Å². The van der Waals surface area contributed by atoms with E-state index >= 15 is 0 Å². The molecule has 0 saturated heterocycles. The van der Waals surface area contributed by atoms with Crippen LogP contribution in [0, 0.1) is 5.92 Å². The molecule has 0 aliphatic rings. The lowest BCUT2D eigenvalue weighted by molar-refractivity contribution is -0.150. The Morgan fingerprint density at radius 1 is 0.516 bits per heavy atom. The zero-order chi connectivity index (χ0) is 45.7. The molecular weight excluding hydrogens is 779 g/mol. The number of nitrogens with zero attached hydrogens (tertiary/aromatic N) is 1. The topological polar surface area (TPSA) is 134 Å². The number of aliphatic hydroxyl groups excluding tert-OH is 1. The van der Waals surface area contributed by atoms with Crippen LogP contribution in [0.5, 0.6) is 0 Å². The molecule has 0 bridgehead atoms. The normalized spacial score (nSPS) is 12.0. The standard InChI is InChI=1S/C52H101N3O7/c1-6-10-14-16-20-26-35-48(36-27-21-17-15-11-7-2)62-51(59)38-29-23-19-25-31-42-55(43-32-40-53-52(60)49(45-56)54-46(5)57)41-30-24-18-22-28-37-50(58)61-44-39-47(33-12-8-3)34-13-9-4/h47-49,56H,6-45H2,1-5H3,(H,53,60)(H,54,57). The molecule has 1 atom stereocenters. The van der Waals surface area contributed by atoms with Crippen molar-refractivity contribution in [1.82, 2.24) is 15.5 Å². The van der Waals surface area contributed by atoms with Gasteiger partial charge in [0.1, 0.15) is 12.1 Å². The van der Waals surface area contributed by atoms with Crippen molar-refractivity contribution in [2.24, 2.45) is 5.92 Å². The van der Waals surface area contributed by atoms with Crippen LogP contribution in [0.3, 0.4) is 0 Å². The molecule has 0 aromatic heterocycles. The van der Waals surface area contributed by atoms with E-state index < -0.39 is 12.6 Å². The molecule has 0 rings (SSSR count). The first kappa shape index (κ1) is 59.8. The molecule has 0 saturated carbocycles. The highest BCUT2D eigenvalue weighted by molar-refractivity contribution is 5.86. The van der Waals surface area contributed by atoms with E-state index in [1.54, 1.807) is 0 Å². The Kier molecular flexibility index (Phi) is 43.8. The Hall–Kier alpha value is -2.20. The average Bonchev–Trinajstić information content (AvgIpc) is 3.25. The zero-order valence-electron chi connectivity index (χ0n) is 41.4. The van der Waals surface area contributed by atoms with Gasteiger partial charge in [0.2, 0.25) is 11.8 Å². The van der Waals surface area contributed by atoms with Crippen molar-refractivity contribution in [3.63, 3.8) is 0 Å². The quantitative estimate of drug-likeness (QED) is 0.0406. The predicted octanol–water partition coefficient (Wildman–Crippen LogP) is 12.3. The number of unbranched alkanes of at least 4 members (excludes halogenated alkanes) is 20. The summed E-state index contributed by atoms with van der Waals surface area (Å²) in [6, 6.07) is -0.928. The Balaban J connectivity index is 4.67. The summed E-state index contributed by atoms with van der Waals surface area (Å²) in [5, 5.41) is 14.9. The summed E-state index contributed by atoms with van der Waals surface area (Å²) in [5.41, 5.74) is 0. The van der Waals surface area contributed by atoms with Gasteiger partial charge in [-0.1, -0.05) is 169 Å². The number of esters is 2. The SMILES string of the molecule is CCCCCCCCC(CCCCCCCC)OC(=O)CCCCCCCN(CCCCCCCC(=O)OCCC(CCCC)CCCC)CCCNC(=O)C(CO)NC(C)=O. The predicted molar refractivity (Wildman–Crippen MR) is 258 cm³/mol. The molecule has 10 nitrogen and oxygen atoms in total. The number of hydrogen-bond acceptors (Lipinski definition) is 8. The van der Waals surface area contributed by atoms with Crippen LogP contribution in [0.25, 0.3) is 0 Å². The van der Waals surface area contributed by atoms with E-state index in [4.69, 9.17) is 9.47 Å². The molecule has 0 aromatic carbocycles. The highest BCUT2D eigenvalue weighted by atomic mass is 16.5. The molecule has 0 fully saturated rings. The van der Waals surface area contributed by atoms with Gasteiger partial charge in [-0.25, -0.2) is 0 Å². The van der Waals surface area contributed by atoms with Crippen LogP contribution >= 0.6 is 0 Å². The fourth-order valence-electron chi connectivity index (χ4n) is 8.32. The minimum atomic E-state index is -0.928. The minimum Gasteiger partial charge on any atom is -0.466 e. The van der Waals surface area contributed by atoms with E-state index in [2.05, 4.69) is 43.2 Å². The van der Waals surface area contributed by atoms with E-state index in [0.29, 0.717) is 31.9 Å². The largest absolute Gasteiger partial charge is 0.466 e. The number of amides is 2. The molecule has 10 heteroatoms. The first-order chi connectivity index (χ1) is 30.2. The Bertz CT molecular complexity index is 1020. The Morgan fingerprint density at radius 3 is 1.47 bits per heavy atom. The van der Waals surface area contributed by atoms with Crippen molar-refractivity contribution in [2.75, 3.05) is 39.4 Å². The first-order valence-corrected chi connectivity index (χ1v) is 26.4. The average molecular weight is 880 g/mol. The monoisotopic (exact) mass is 880 g/mol. The van der Waals surface area contributed by atoms with Crippen LogP contribution in [0.2, 0.25) is 0 Å². The molecule has 0 aliphatic heterocycles. The van der Waals surface area contributed by atoms with Gasteiger partial charge in [0.15, 0.2) is 0 Å². The maximum absolute atomic E-state index is 12.9. The molecule has 0 aliphatic carbocycles. The number of carbonyl (C=O) groups excluding carboxylic acids is 4. The molecule has 0 aromatic rings. The van der Waals surface area contributed by atoms with Crippen LogP contribution in [0.1, 0.15) is 253 Å². The summed E-state index contributed by atoms with van der Waals surface area (Å²) in [4.78, 5) is 51.6. The maximum atomic E-state index is 12.9.